The number of ether oxygens (including phenoxy) is 2. The van der Waals surface area contributed by atoms with Crippen LogP contribution in [0.2, 0.25) is 0 Å². The predicted octanol–water partition coefficient (Wildman–Crippen LogP) is 3.74. The number of nitrogens with zero attached hydrogens (tertiary/aromatic N) is 2. The van der Waals surface area contributed by atoms with Crippen LogP contribution in [-0.4, -0.2) is 52.1 Å². The number of aromatic hydroxyl groups is 1. The maximum atomic E-state index is 13.1. The first-order valence-corrected chi connectivity index (χ1v) is 11.3. The largest absolute Gasteiger partial charge is 0.508 e. The number of methoxy groups -OCH3 is 2. The van der Waals surface area contributed by atoms with Crippen molar-refractivity contribution in [2.24, 2.45) is 5.92 Å². The van der Waals surface area contributed by atoms with E-state index in [4.69, 9.17) is 9.47 Å². The van der Waals surface area contributed by atoms with Gasteiger partial charge in [-0.3, -0.25) is 9.48 Å². The summed E-state index contributed by atoms with van der Waals surface area (Å²) >= 11 is 0. The molecule has 9 heteroatoms. The maximum Gasteiger partial charge on any atom is 0.326 e. The quantitative estimate of drug-likeness (QED) is 0.381. The molecule has 0 saturated heterocycles. The van der Waals surface area contributed by atoms with Crippen molar-refractivity contribution in [2.75, 3.05) is 14.2 Å². The van der Waals surface area contributed by atoms with Gasteiger partial charge in [-0.25, -0.2) is 4.79 Å². The number of benzene rings is 2. The molecule has 1 atom stereocenters. The van der Waals surface area contributed by atoms with Crippen LogP contribution in [0.15, 0.2) is 48.5 Å². The van der Waals surface area contributed by atoms with E-state index in [0.717, 1.165) is 5.56 Å². The van der Waals surface area contributed by atoms with Crippen molar-refractivity contribution in [3.8, 4) is 28.5 Å². The highest BCUT2D eigenvalue weighted by Crippen LogP contribution is 2.38. The molecule has 0 fully saturated rings. The minimum atomic E-state index is -1.13. The van der Waals surface area contributed by atoms with E-state index in [2.05, 4.69) is 10.4 Å². The Balaban J connectivity index is 1.88. The number of carboxylic acid groups (broad SMARTS) is 1. The van der Waals surface area contributed by atoms with Gasteiger partial charge in [0.15, 0.2) is 5.69 Å². The second kappa shape index (κ2) is 11.4. The molecule has 3 rings (SSSR count). The minimum Gasteiger partial charge on any atom is -0.508 e. The van der Waals surface area contributed by atoms with Crippen LogP contribution in [0.3, 0.4) is 0 Å². The van der Waals surface area contributed by atoms with E-state index in [1.807, 2.05) is 19.9 Å². The molecule has 186 valence electrons. The molecular weight excluding hydrogens is 450 g/mol. The molecule has 1 aromatic heterocycles. The number of carbonyl (C=O) groups is 2. The van der Waals surface area contributed by atoms with Crippen LogP contribution in [0.4, 0.5) is 0 Å². The molecule has 0 aliphatic heterocycles. The molecule has 1 unspecified atom stereocenters. The molecule has 35 heavy (non-hydrogen) atoms. The summed E-state index contributed by atoms with van der Waals surface area (Å²) in [5.74, 6) is -0.207. The Bertz CT molecular complexity index is 1150. The van der Waals surface area contributed by atoms with Gasteiger partial charge in [0, 0.05) is 6.54 Å². The molecule has 9 nitrogen and oxygen atoms in total. The Morgan fingerprint density at radius 1 is 1.06 bits per heavy atom. The summed E-state index contributed by atoms with van der Waals surface area (Å²) in [7, 11) is 3.11. The number of aromatic nitrogens is 2. The molecule has 1 amide bonds. The van der Waals surface area contributed by atoms with E-state index in [-0.39, 0.29) is 23.8 Å². The fraction of sp³-hybridized carbons (Fsp3) is 0.346. The maximum absolute atomic E-state index is 13.1. The minimum absolute atomic E-state index is 0.101. The van der Waals surface area contributed by atoms with Crippen molar-refractivity contribution in [1.82, 2.24) is 15.1 Å². The Morgan fingerprint density at radius 3 is 2.23 bits per heavy atom. The lowest BCUT2D eigenvalue weighted by molar-refractivity contribution is -0.139. The van der Waals surface area contributed by atoms with Gasteiger partial charge in [0.2, 0.25) is 0 Å². The van der Waals surface area contributed by atoms with Gasteiger partial charge in [-0.2, -0.15) is 5.10 Å². The molecule has 0 bridgehead atoms. The Kier molecular flexibility index (Phi) is 8.35. The third-order valence-corrected chi connectivity index (χ3v) is 5.50. The van der Waals surface area contributed by atoms with E-state index in [0.29, 0.717) is 35.7 Å². The number of amides is 1. The average molecular weight is 482 g/mol. The highest BCUT2D eigenvalue weighted by Gasteiger charge is 2.25. The average Bonchev–Trinajstić information content (AvgIpc) is 3.24. The molecule has 3 aromatic rings. The SMILES string of the molecule is COc1cccc(OC)c1-c1cc(C(=O)NC(CCc2ccc(O)cc2)C(=O)O)nn1CC(C)C. The summed E-state index contributed by atoms with van der Waals surface area (Å²) in [5.41, 5.74) is 2.25. The van der Waals surface area contributed by atoms with E-state index in [1.54, 1.807) is 61.4 Å². The smallest absolute Gasteiger partial charge is 0.326 e. The fourth-order valence-electron chi connectivity index (χ4n) is 3.78. The highest BCUT2D eigenvalue weighted by atomic mass is 16.5. The van der Waals surface area contributed by atoms with Gasteiger partial charge >= 0.3 is 5.97 Å². The van der Waals surface area contributed by atoms with E-state index < -0.39 is 17.9 Å². The summed E-state index contributed by atoms with van der Waals surface area (Å²) in [6.07, 6.45) is 0.606. The number of hydrogen-bond donors (Lipinski definition) is 3. The van der Waals surface area contributed by atoms with Crippen molar-refractivity contribution >= 4 is 11.9 Å². The lowest BCUT2D eigenvalue weighted by Crippen LogP contribution is -2.41. The number of aryl methyl sites for hydroxylation is 1. The van der Waals surface area contributed by atoms with Crippen molar-refractivity contribution < 1.29 is 29.3 Å². The number of phenolic OH excluding ortho intramolecular Hbond substituents is 1. The summed E-state index contributed by atoms with van der Waals surface area (Å²) in [6, 6.07) is 12.4. The fourth-order valence-corrected chi connectivity index (χ4v) is 3.78. The van der Waals surface area contributed by atoms with Crippen LogP contribution in [0.25, 0.3) is 11.3 Å². The molecule has 0 spiro atoms. The van der Waals surface area contributed by atoms with Crippen LogP contribution >= 0.6 is 0 Å². The first kappa shape index (κ1) is 25.6. The Labute approximate surface area is 204 Å². The van der Waals surface area contributed by atoms with Crippen molar-refractivity contribution in [3.05, 3.63) is 59.8 Å². The van der Waals surface area contributed by atoms with Gasteiger partial charge in [0.25, 0.3) is 5.91 Å². The summed E-state index contributed by atoms with van der Waals surface area (Å²) in [6.45, 7) is 4.61. The van der Waals surface area contributed by atoms with Crippen LogP contribution in [0.5, 0.6) is 17.2 Å². The van der Waals surface area contributed by atoms with Gasteiger partial charge in [-0.05, 0) is 54.7 Å². The van der Waals surface area contributed by atoms with Crippen LogP contribution in [0, 0.1) is 5.92 Å². The number of carbonyl (C=O) groups excluding carboxylic acids is 1. The molecule has 2 aromatic carbocycles. The number of aliphatic carboxylic acids is 1. The van der Waals surface area contributed by atoms with Crippen LogP contribution in [-0.2, 0) is 17.8 Å². The number of carboxylic acids is 1. The van der Waals surface area contributed by atoms with Crippen LogP contribution < -0.4 is 14.8 Å². The monoisotopic (exact) mass is 481 g/mol. The summed E-state index contributed by atoms with van der Waals surface area (Å²) in [5, 5.41) is 26.2. The van der Waals surface area contributed by atoms with Gasteiger partial charge < -0.3 is 25.0 Å². The highest BCUT2D eigenvalue weighted by molar-refractivity contribution is 5.96. The van der Waals surface area contributed by atoms with Gasteiger partial charge in [0.1, 0.15) is 23.3 Å². The van der Waals surface area contributed by atoms with Gasteiger partial charge in [-0.1, -0.05) is 32.0 Å². The van der Waals surface area contributed by atoms with Gasteiger partial charge in [0.05, 0.1) is 25.5 Å². The molecular formula is C26H31N3O6. The Hall–Kier alpha value is -4.01. The van der Waals surface area contributed by atoms with E-state index >= 15 is 0 Å². The lowest BCUT2D eigenvalue weighted by atomic mass is 10.0. The second-order valence-corrected chi connectivity index (χ2v) is 8.60. The molecule has 0 aliphatic carbocycles. The first-order chi connectivity index (χ1) is 16.7. The molecule has 3 N–H and O–H groups in total. The van der Waals surface area contributed by atoms with Crippen LogP contribution in [0.1, 0.15) is 36.3 Å². The lowest BCUT2D eigenvalue weighted by Gasteiger charge is -2.15. The normalized spacial score (nSPS) is 11.8. The molecule has 0 radical (unpaired) electrons. The Morgan fingerprint density at radius 2 is 1.69 bits per heavy atom. The number of hydrogen-bond acceptors (Lipinski definition) is 6. The zero-order chi connectivity index (χ0) is 25.5. The molecule has 1 heterocycles. The number of nitrogens with one attached hydrogen (secondary N) is 1. The first-order valence-electron chi connectivity index (χ1n) is 11.3. The van der Waals surface area contributed by atoms with Crippen molar-refractivity contribution in [2.45, 2.75) is 39.3 Å². The second-order valence-electron chi connectivity index (χ2n) is 8.60. The standard InChI is InChI=1S/C26H31N3O6/c1-16(2)15-29-21(24-22(34-3)6-5-7-23(24)35-4)14-20(28-29)25(31)27-19(26(32)33)13-10-17-8-11-18(30)12-9-17/h5-9,11-12,14,16,19,30H,10,13,15H2,1-4H3,(H,27,31)(H,32,33). The topological polar surface area (TPSA) is 123 Å². The zero-order valence-corrected chi connectivity index (χ0v) is 20.3. The summed E-state index contributed by atoms with van der Waals surface area (Å²) in [4.78, 5) is 24.9. The zero-order valence-electron chi connectivity index (χ0n) is 20.3. The van der Waals surface area contributed by atoms with Crippen molar-refractivity contribution in [1.29, 1.82) is 0 Å². The summed E-state index contributed by atoms with van der Waals surface area (Å²) < 4.78 is 12.8. The van der Waals surface area contributed by atoms with E-state index in [9.17, 15) is 19.8 Å². The van der Waals surface area contributed by atoms with Crippen molar-refractivity contribution in [3.63, 3.8) is 0 Å². The molecule has 0 aliphatic rings. The number of phenols is 1. The van der Waals surface area contributed by atoms with E-state index in [1.165, 1.54) is 0 Å². The number of rotatable bonds is 11. The molecule has 0 saturated carbocycles. The third-order valence-electron chi connectivity index (χ3n) is 5.50. The predicted molar refractivity (Wildman–Crippen MR) is 131 cm³/mol. The third kappa shape index (κ3) is 6.32. The van der Waals surface area contributed by atoms with Gasteiger partial charge in [-0.15, -0.1) is 0 Å².